The Labute approximate surface area is 190 Å². The van der Waals surface area contributed by atoms with Crippen LogP contribution in [0.1, 0.15) is 41.4 Å². The minimum atomic E-state index is -0.470. The largest absolute Gasteiger partial charge is 0.493 e. The zero-order chi connectivity index (χ0) is 23.3. The topological polar surface area (TPSA) is 102 Å². The molecule has 0 saturated heterocycles. The van der Waals surface area contributed by atoms with E-state index in [1.165, 1.54) is 0 Å². The number of nitrogens with zero attached hydrogens (tertiary/aromatic N) is 2. The first-order valence-electron chi connectivity index (χ1n) is 10.3. The van der Waals surface area contributed by atoms with Crippen molar-refractivity contribution in [1.29, 1.82) is 0 Å². The highest BCUT2D eigenvalue weighted by Crippen LogP contribution is 2.22. The minimum Gasteiger partial charge on any atom is -0.493 e. The van der Waals surface area contributed by atoms with Gasteiger partial charge < -0.3 is 9.30 Å². The van der Waals surface area contributed by atoms with Crippen LogP contribution in [-0.4, -0.2) is 28.0 Å². The minimum absolute atomic E-state index is 0.153. The summed E-state index contributed by atoms with van der Waals surface area (Å²) in [7, 11) is 0. The number of amides is 2. The van der Waals surface area contributed by atoms with E-state index in [9.17, 15) is 14.4 Å². The number of aryl methyl sites for hydroxylation is 3. The molecule has 1 heterocycles. The monoisotopic (exact) mass is 456 g/mol. The van der Waals surface area contributed by atoms with Crippen LogP contribution < -0.4 is 21.1 Å². The Morgan fingerprint density at radius 1 is 1.12 bits per heavy atom. The highest BCUT2D eigenvalue weighted by molar-refractivity contribution is 6.30. The average Bonchev–Trinajstić information content (AvgIpc) is 2.76. The summed E-state index contributed by atoms with van der Waals surface area (Å²) in [6.07, 6.45) is 0.672. The molecule has 0 atom stereocenters. The summed E-state index contributed by atoms with van der Waals surface area (Å²) in [4.78, 5) is 40.9. The lowest BCUT2D eigenvalue weighted by Gasteiger charge is -2.11. The summed E-state index contributed by atoms with van der Waals surface area (Å²) in [5.74, 6) is -0.0805. The van der Waals surface area contributed by atoms with Crippen molar-refractivity contribution >= 4 is 34.4 Å². The molecule has 9 heteroatoms. The van der Waals surface area contributed by atoms with Gasteiger partial charge in [-0.1, -0.05) is 11.6 Å². The SMILES string of the molecule is CCn1c(=O)c(C)nc2cc(C(=O)NNC(=O)CCCOc3ccc(Cl)cc3C)ccc21. The summed E-state index contributed by atoms with van der Waals surface area (Å²) in [5.41, 5.74) is 7.45. The lowest BCUT2D eigenvalue weighted by molar-refractivity contribution is -0.122. The van der Waals surface area contributed by atoms with Crippen LogP contribution in [0.15, 0.2) is 41.2 Å². The van der Waals surface area contributed by atoms with E-state index in [1.807, 2.05) is 19.9 Å². The Bertz CT molecular complexity index is 1220. The van der Waals surface area contributed by atoms with Crippen LogP contribution in [0.4, 0.5) is 0 Å². The van der Waals surface area contributed by atoms with Crippen LogP contribution in [0, 0.1) is 13.8 Å². The standard InChI is InChI=1S/C23H25ClN4O4/c1-4-28-19-9-7-16(13-18(19)25-15(3)23(28)31)22(30)27-26-21(29)6-5-11-32-20-10-8-17(24)12-14(20)2/h7-10,12-13H,4-6,11H2,1-3H3,(H,26,29)(H,27,30). The zero-order valence-corrected chi connectivity index (χ0v) is 19.0. The fraction of sp³-hybridized carbons (Fsp3) is 0.304. The fourth-order valence-electron chi connectivity index (χ4n) is 3.28. The Morgan fingerprint density at radius 3 is 2.62 bits per heavy atom. The first-order valence-corrected chi connectivity index (χ1v) is 10.7. The van der Waals surface area contributed by atoms with E-state index in [0.717, 1.165) is 11.3 Å². The summed E-state index contributed by atoms with van der Waals surface area (Å²) in [5, 5.41) is 0.641. The van der Waals surface area contributed by atoms with Gasteiger partial charge in [0.2, 0.25) is 5.91 Å². The lowest BCUT2D eigenvalue weighted by Crippen LogP contribution is -2.41. The summed E-state index contributed by atoms with van der Waals surface area (Å²) < 4.78 is 7.26. The third-order valence-electron chi connectivity index (χ3n) is 4.95. The zero-order valence-electron chi connectivity index (χ0n) is 18.2. The maximum absolute atomic E-state index is 12.4. The van der Waals surface area contributed by atoms with Crippen molar-refractivity contribution in [2.24, 2.45) is 0 Å². The number of hydrogen-bond acceptors (Lipinski definition) is 5. The van der Waals surface area contributed by atoms with Gasteiger partial charge in [-0.2, -0.15) is 0 Å². The van der Waals surface area contributed by atoms with Crippen molar-refractivity contribution in [2.45, 2.75) is 40.2 Å². The number of nitrogens with one attached hydrogen (secondary N) is 2. The second kappa shape index (κ2) is 10.3. The predicted octanol–water partition coefficient (Wildman–Crippen LogP) is 3.31. The Morgan fingerprint density at radius 2 is 1.91 bits per heavy atom. The Balaban J connectivity index is 1.51. The van der Waals surface area contributed by atoms with Crippen LogP contribution in [0.5, 0.6) is 5.75 Å². The third kappa shape index (κ3) is 5.45. The molecule has 0 aliphatic rings. The quantitative estimate of drug-likeness (QED) is 0.419. The normalized spacial score (nSPS) is 10.8. The van der Waals surface area contributed by atoms with Gasteiger partial charge in [-0.05, 0) is 69.2 Å². The van der Waals surface area contributed by atoms with Crippen LogP contribution in [0.25, 0.3) is 11.0 Å². The van der Waals surface area contributed by atoms with E-state index in [-0.39, 0.29) is 17.9 Å². The second-order valence-electron chi connectivity index (χ2n) is 7.31. The van der Waals surface area contributed by atoms with E-state index < -0.39 is 5.91 Å². The van der Waals surface area contributed by atoms with Gasteiger partial charge in [-0.3, -0.25) is 25.2 Å². The fourth-order valence-corrected chi connectivity index (χ4v) is 3.51. The smallest absolute Gasteiger partial charge is 0.272 e. The molecule has 168 valence electrons. The molecule has 3 rings (SSSR count). The molecule has 0 saturated carbocycles. The molecule has 8 nitrogen and oxygen atoms in total. The number of carbonyl (C=O) groups excluding carboxylic acids is 2. The summed E-state index contributed by atoms with van der Waals surface area (Å²) in [6, 6.07) is 10.2. The molecular weight excluding hydrogens is 432 g/mol. The van der Waals surface area contributed by atoms with Crippen LogP contribution in [0.3, 0.4) is 0 Å². The number of aromatic nitrogens is 2. The van der Waals surface area contributed by atoms with Gasteiger partial charge in [0.1, 0.15) is 11.4 Å². The lowest BCUT2D eigenvalue weighted by atomic mass is 10.1. The molecule has 1 aromatic heterocycles. The first-order chi connectivity index (χ1) is 15.3. The van der Waals surface area contributed by atoms with E-state index in [4.69, 9.17) is 16.3 Å². The number of hydrogen-bond donors (Lipinski definition) is 2. The van der Waals surface area contributed by atoms with Crippen LogP contribution in [-0.2, 0) is 11.3 Å². The van der Waals surface area contributed by atoms with Gasteiger partial charge in [-0.25, -0.2) is 4.98 Å². The average molecular weight is 457 g/mol. The molecule has 0 unspecified atom stereocenters. The number of carbonyl (C=O) groups is 2. The first kappa shape index (κ1) is 23.3. The van der Waals surface area contributed by atoms with Gasteiger partial charge in [0.25, 0.3) is 11.5 Å². The maximum Gasteiger partial charge on any atom is 0.272 e. The van der Waals surface area contributed by atoms with E-state index >= 15 is 0 Å². The van der Waals surface area contributed by atoms with Crippen molar-refractivity contribution in [3.63, 3.8) is 0 Å². The van der Waals surface area contributed by atoms with Crippen molar-refractivity contribution in [2.75, 3.05) is 6.61 Å². The van der Waals surface area contributed by atoms with E-state index in [0.29, 0.717) is 46.9 Å². The van der Waals surface area contributed by atoms with Crippen molar-refractivity contribution in [3.8, 4) is 5.75 Å². The summed E-state index contributed by atoms with van der Waals surface area (Å²) in [6.45, 7) is 6.27. The summed E-state index contributed by atoms with van der Waals surface area (Å²) >= 11 is 5.92. The number of fused-ring (bicyclic) bond motifs is 1. The molecule has 32 heavy (non-hydrogen) atoms. The van der Waals surface area contributed by atoms with Gasteiger partial charge in [-0.15, -0.1) is 0 Å². The molecule has 2 N–H and O–H groups in total. The highest BCUT2D eigenvalue weighted by atomic mass is 35.5. The van der Waals surface area contributed by atoms with Gasteiger partial charge >= 0.3 is 0 Å². The Kier molecular flexibility index (Phi) is 7.48. The van der Waals surface area contributed by atoms with Crippen molar-refractivity contribution in [1.82, 2.24) is 20.4 Å². The van der Waals surface area contributed by atoms with Crippen LogP contribution >= 0.6 is 11.6 Å². The molecule has 2 aromatic carbocycles. The molecule has 0 aliphatic heterocycles. The predicted molar refractivity (Wildman–Crippen MR) is 123 cm³/mol. The second-order valence-corrected chi connectivity index (χ2v) is 7.75. The van der Waals surface area contributed by atoms with Gasteiger partial charge in [0.15, 0.2) is 0 Å². The van der Waals surface area contributed by atoms with Gasteiger partial charge in [0.05, 0.1) is 17.6 Å². The molecule has 0 aliphatic carbocycles. The van der Waals surface area contributed by atoms with Crippen molar-refractivity contribution < 1.29 is 14.3 Å². The Hall–Kier alpha value is -3.39. The number of hydrazine groups is 1. The molecule has 0 spiro atoms. The number of rotatable bonds is 7. The maximum atomic E-state index is 12.4. The number of ether oxygens (including phenoxy) is 1. The number of halogens is 1. The van der Waals surface area contributed by atoms with Crippen LogP contribution in [0.2, 0.25) is 5.02 Å². The molecule has 0 radical (unpaired) electrons. The molecule has 0 bridgehead atoms. The number of benzene rings is 2. The van der Waals surface area contributed by atoms with E-state index in [2.05, 4.69) is 15.8 Å². The third-order valence-corrected chi connectivity index (χ3v) is 5.18. The van der Waals surface area contributed by atoms with Gasteiger partial charge in [0, 0.05) is 23.6 Å². The molecule has 0 fully saturated rings. The highest BCUT2D eigenvalue weighted by Gasteiger charge is 2.12. The molecular formula is C23H25ClN4O4. The van der Waals surface area contributed by atoms with Crippen molar-refractivity contribution in [3.05, 3.63) is 68.6 Å². The molecule has 2 amide bonds. The van der Waals surface area contributed by atoms with E-state index in [1.54, 1.807) is 41.8 Å². The molecule has 3 aromatic rings.